The molecule has 17 heteroatoms. The molecule has 0 spiro atoms. The van der Waals surface area contributed by atoms with Crippen molar-refractivity contribution in [1.29, 1.82) is 0 Å². The highest BCUT2D eigenvalue weighted by Crippen LogP contribution is 2.68. The summed E-state index contributed by atoms with van der Waals surface area (Å²) in [5.74, 6) is -3.81. The monoisotopic (exact) mass is 834 g/mol. The average molecular weight is 835 g/mol. The van der Waals surface area contributed by atoms with E-state index in [1.165, 1.54) is 30.8 Å². The highest BCUT2D eigenvalue weighted by molar-refractivity contribution is 6.36. The van der Waals surface area contributed by atoms with Crippen molar-refractivity contribution in [2.24, 2.45) is 13.0 Å². The van der Waals surface area contributed by atoms with Crippen molar-refractivity contribution in [3.8, 4) is 23.0 Å². The number of fused-ring (bicyclic) bond motifs is 4. The average Bonchev–Trinajstić information content (AvgIpc) is 3.40. The molecule has 0 amide bonds. The van der Waals surface area contributed by atoms with Crippen molar-refractivity contribution >= 4 is 34.1 Å². The zero-order valence-electron chi connectivity index (χ0n) is 31.5. The molecule has 4 aromatic heterocycles. The molecule has 10 nitrogen and oxygen atoms in total. The lowest BCUT2D eigenvalue weighted by atomic mass is 9.86. The number of hydrogen-bond acceptors (Lipinski definition) is 8. The predicted octanol–water partition coefficient (Wildman–Crippen LogP) is 8.43. The van der Waals surface area contributed by atoms with Gasteiger partial charge in [0.25, 0.3) is 12.3 Å². The first-order valence-electron chi connectivity index (χ1n) is 18.5. The molecule has 0 bridgehead atoms. The number of rotatable bonds is 12. The predicted molar refractivity (Wildman–Crippen MR) is 201 cm³/mol. The van der Waals surface area contributed by atoms with Crippen molar-refractivity contribution in [1.82, 2.24) is 29.7 Å². The van der Waals surface area contributed by atoms with E-state index in [2.05, 4.69) is 27.2 Å². The Balaban J connectivity index is 1.26. The Morgan fingerprint density at radius 1 is 1.05 bits per heavy atom. The smallest absolute Gasteiger partial charge is 0.293 e. The van der Waals surface area contributed by atoms with E-state index >= 15 is 8.78 Å². The van der Waals surface area contributed by atoms with Gasteiger partial charge in [0.2, 0.25) is 11.5 Å². The van der Waals surface area contributed by atoms with E-state index in [4.69, 9.17) is 21.1 Å². The van der Waals surface area contributed by atoms with Crippen LogP contribution in [0.5, 0.6) is 0 Å². The molecule has 6 aromatic rings. The first kappa shape index (κ1) is 40.0. The van der Waals surface area contributed by atoms with Crippen molar-refractivity contribution in [2.75, 3.05) is 0 Å². The fourth-order valence-electron chi connectivity index (χ4n) is 8.06. The highest BCUT2D eigenvalue weighted by Gasteiger charge is 2.67. The van der Waals surface area contributed by atoms with Crippen LogP contribution in [-0.2, 0) is 37.2 Å². The van der Waals surface area contributed by atoms with Crippen LogP contribution in [0.15, 0.2) is 59.3 Å². The van der Waals surface area contributed by atoms with Crippen LogP contribution in [0.4, 0.5) is 26.3 Å². The van der Waals surface area contributed by atoms with Gasteiger partial charge in [-0.1, -0.05) is 28.7 Å². The van der Waals surface area contributed by atoms with Gasteiger partial charge in [-0.2, -0.15) is 19.0 Å². The second-order valence-corrected chi connectivity index (χ2v) is 15.8. The molecular weight excluding hydrogens is 802 g/mol. The second-order valence-electron chi connectivity index (χ2n) is 15.4. The quantitative estimate of drug-likeness (QED) is 0.0740. The third-order valence-corrected chi connectivity index (χ3v) is 10.8. The Labute approximate surface area is 337 Å². The molecule has 0 aliphatic heterocycles. The molecule has 1 fully saturated rings. The first-order chi connectivity index (χ1) is 27.9. The molecule has 2 aromatic carbocycles. The molecule has 1 N–H and O–H groups in total. The van der Waals surface area contributed by atoms with Gasteiger partial charge in [0.1, 0.15) is 40.9 Å². The maximum atomic E-state index is 15.5. The number of carbonyl (C=O) groups is 2. The number of carbonyl (C=O) groups excluding carboxylic acids is 2. The summed E-state index contributed by atoms with van der Waals surface area (Å²) >= 11 is 6.75. The van der Waals surface area contributed by atoms with Gasteiger partial charge in [-0.25, -0.2) is 22.5 Å². The normalized spacial score (nSPS) is 17.2. The Hall–Kier alpha value is -5.79. The van der Waals surface area contributed by atoms with Crippen molar-refractivity contribution in [3.63, 3.8) is 0 Å². The summed E-state index contributed by atoms with van der Waals surface area (Å²) in [5, 5.41) is 23.0. The zero-order valence-corrected chi connectivity index (χ0v) is 32.3. The number of aryl methyl sites for hydroxylation is 1. The molecular formula is C42H33ClF6N6O4. The largest absolute Gasteiger partial charge is 0.378 e. The third-order valence-electron chi connectivity index (χ3n) is 10.5. The third kappa shape index (κ3) is 7.65. The molecule has 0 radical (unpaired) electrons. The summed E-state index contributed by atoms with van der Waals surface area (Å²) in [7, 11) is 1.63. The van der Waals surface area contributed by atoms with E-state index in [0.29, 0.717) is 38.5 Å². The molecule has 4 heterocycles. The molecule has 3 atom stereocenters. The lowest BCUT2D eigenvalue weighted by molar-refractivity contribution is -0.120. The number of hydrogen-bond donors (Lipinski definition) is 1. The van der Waals surface area contributed by atoms with Gasteiger partial charge in [-0.3, -0.25) is 19.0 Å². The van der Waals surface area contributed by atoms with E-state index in [9.17, 15) is 32.3 Å². The van der Waals surface area contributed by atoms with E-state index in [0.717, 1.165) is 12.1 Å². The molecule has 2 aliphatic rings. The SMILES string of the molecule is Cn1nc(CC(=O)c2ccno2)c2c(Cl)ccc(-c3ccc(C#CC(C)(C)O)nc3[C@@H](CC(=O)Cn3nc(C(F)F)c4c3C(F)(F)[C@@H]3C[C@H]43)Cc3cc(F)cc(F)c3)c21. The fraction of sp³-hybridized carbons (Fsp3) is 0.333. The van der Waals surface area contributed by atoms with E-state index in [1.807, 2.05) is 0 Å². The molecule has 59 heavy (non-hydrogen) atoms. The van der Waals surface area contributed by atoms with Crippen molar-refractivity contribution in [3.05, 3.63) is 117 Å². The van der Waals surface area contributed by atoms with Crippen LogP contribution in [0.2, 0.25) is 5.02 Å². The number of nitrogens with zero attached hydrogens (tertiary/aromatic N) is 6. The minimum Gasteiger partial charge on any atom is -0.378 e. The molecule has 0 unspecified atom stereocenters. The highest BCUT2D eigenvalue weighted by atomic mass is 35.5. The molecule has 8 rings (SSSR count). The zero-order chi connectivity index (χ0) is 42.1. The number of pyridine rings is 1. The number of alkyl halides is 4. The Morgan fingerprint density at radius 3 is 2.46 bits per heavy atom. The van der Waals surface area contributed by atoms with Gasteiger partial charge in [-0.15, -0.1) is 0 Å². The summed E-state index contributed by atoms with van der Waals surface area (Å²) in [6, 6.07) is 10.7. The molecule has 1 saturated carbocycles. The molecule has 2 aliphatic carbocycles. The van der Waals surface area contributed by atoms with E-state index in [-0.39, 0.29) is 52.6 Å². The molecule has 0 saturated heterocycles. The number of aromatic nitrogens is 6. The summed E-state index contributed by atoms with van der Waals surface area (Å²) in [6.45, 7) is 2.14. The second kappa shape index (κ2) is 14.8. The van der Waals surface area contributed by atoms with Crippen LogP contribution in [0.1, 0.15) is 95.1 Å². The number of benzene rings is 2. The lowest BCUT2D eigenvalue weighted by Crippen LogP contribution is -2.24. The lowest BCUT2D eigenvalue weighted by Gasteiger charge is -2.22. The number of Topliss-reactive ketones (excluding diaryl/α,β-unsaturated/α-hetero) is 2. The number of aliphatic hydroxyl groups is 1. The van der Waals surface area contributed by atoms with Crippen LogP contribution < -0.4 is 0 Å². The van der Waals surface area contributed by atoms with Gasteiger partial charge in [0.15, 0.2) is 5.78 Å². The van der Waals surface area contributed by atoms with Crippen LogP contribution >= 0.6 is 11.6 Å². The fourth-order valence-corrected chi connectivity index (χ4v) is 8.32. The summed E-state index contributed by atoms with van der Waals surface area (Å²) in [5.41, 5.74) is -1.07. The van der Waals surface area contributed by atoms with E-state index < -0.39 is 83.3 Å². The Kier molecular flexibility index (Phi) is 10.0. The van der Waals surface area contributed by atoms with Crippen LogP contribution in [0.25, 0.3) is 22.0 Å². The van der Waals surface area contributed by atoms with Crippen LogP contribution in [0.3, 0.4) is 0 Å². The van der Waals surface area contributed by atoms with Crippen molar-refractivity contribution in [2.45, 2.75) is 75.9 Å². The van der Waals surface area contributed by atoms with E-state index in [1.54, 1.807) is 31.3 Å². The van der Waals surface area contributed by atoms with Crippen LogP contribution in [0, 0.1) is 29.4 Å². The summed E-state index contributed by atoms with van der Waals surface area (Å²) < 4.78 is 95.5. The standard InChI is InChI=1S/C42H33ClF6N6O4/c1-41(2,58)10-8-24-4-5-26(27-6-7-30(43)35-31(52-54(3)38(27)35)18-32(57)33-9-11-50-59-33)36(51-24)21(12-20-13-22(44)16-23(45)14-20)15-25(56)19-55-39-34(37(53-55)40(46)47)28-17-29(28)42(39,48)49/h4-7,9,11,13-14,16,21,28-29,40,58H,12,15,17-19H2,1-3H3/t21-,28+,29-/m1/s1. The van der Waals surface area contributed by atoms with Crippen LogP contribution in [-0.4, -0.2) is 52.0 Å². The minimum absolute atomic E-state index is 0.0117. The van der Waals surface area contributed by atoms with Gasteiger partial charge in [0.05, 0.1) is 34.5 Å². The number of ketones is 2. The maximum absolute atomic E-state index is 15.5. The van der Waals surface area contributed by atoms with Gasteiger partial charge < -0.3 is 9.63 Å². The molecule has 304 valence electrons. The maximum Gasteiger partial charge on any atom is 0.293 e. The number of halogens is 7. The summed E-state index contributed by atoms with van der Waals surface area (Å²) in [6.07, 6.45) is -2.66. The van der Waals surface area contributed by atoms with Gasteiger partial charge >= 0.3 is 0 Å². The Bertz CT molecular complexity index is 2710. The minimum atomic E-state index is -3.47. The first-order valence-corrected chi connectivity index (χ1v) is 18.9. The summed E-state index contributed by atoms with van der Waals surface area (Å²) in [4.78, 5) is 32.0. The Morgan fingerprint density at radius 2 is 1.78 bits per heavy atom. The van der Waals surface area contributed by atoms with Gasteiger partial charge in [0, 0.05) is 59.5 Å². The van der Waals surface area contributed by atoms with Gasteiger partial charge in [-0.05, 0) is 74.4 Å². The topological polar surface area (TPSA) is 129 Å². The van der Waals surface area contributed by atoms with Crippen molar-refractivity contribution < 1.29 is 45.6 Å².